The Kier molecular flexibility index (Phi) is 4.83. The molecule has 0 radical (unpaired) electrons. The Morgan fingerprint density at radius 1 is 1.53 bits per heavy atom. The Morgan fingerprint density at radius 2 is 2.13 bits per heavy atom. The smallest absolute Gasteiger partial charge is 0.323 e. The van der Waals surface area contributed by atoms with Crippen LogP contribution in [0.3, 0.4) is 0 Å². The summed E-state index contributed by atoms with van der Waals surface area (Å²) in [6.07, 6.45) is 0.538. The maximum absolute atomic E-state index is 11.3. The number of nitrogens with one attached hydrogen (secondary N) is 1. The maximum Gasteiger partial charge on any atom is 0.323 e. The number of methoxy groups -OCH3 is 1. The van der Waals surface area contributed by atoms with Crippen LogP contribution in [0.25, 0.3) is 0 Å². The molecule has 4 nitrogen and oxygen atoms in total. The summed E-state index contributed by atoms with van der Waals surface area (Å²) in [7, 11) is 1.36. The van der Waals surface area contributed by atoms with E-state index in [-0.39, 0.29) is 17.8 Å². The van der Waals surface area contributed by atoms with Gasteiger partial charge in [0.05, 0.1) is 7.11 Å². The fourth-order valence-corrected chi connectivity index (χ4v) is 1.65. The number of carbonyl (C=O) groups excluding carboxylic acids is 1. The van der Waals surface area contributed by atoms with Crippen molar-refractivity contribution < 1.29 is 14.6 Å². The molecule has 0 fully saturated rings. The topological polar surface area (TPSA) is 58.6 Å². The number of aromatic hydroxyl groups is 1. The Bertz CT molecular complexity index is 326. The summed E-state index contributed by atoms with van der Waals surface area (Å²) in [4.78, 5) is 11.3. The standard InChI is InChI=1S/C10H12INO3/c1-15-10(14)9(12-11)6-7-2-4-8(13)5-3-7/h2-5,9,12-13H,6H2,1H3/t9-/m0/s1. The number of halogens is 1. The third-order valence-corrected chi connectivity index (χ3v) is 2.75. The lowest BCUT2D eigenvalue weighted by Gasteiger charge is -2.12. The zero-order chi connectivity index (χ0) is 11.3. The van der Waals surface area contributed by atoms with Crippen molar-refractivity contribution in [2.24, 2.45) is 0 Å². The predicted octanol–water partition coefficient (Wildman–Crippen LogP) is 1.42. The van der Waals surface area contributed by atoms with E-state index in [1.54, 1.807) is 24.3 Å². The van der Waals surface area contributed by atoms with Crippen LogP contribution in [0.15, 0.2) is 24.3 Å². The summed E-state index contributed by atoms with van der Waals surface area (Å²) in [5.74, 6) is -0.0757. The van der Waals surface area contributed by atoms with Gasteiger partial charge in [0.15, 0.2) is 0 Å². The molecule has 2 N–H and O–H groups in total. The first kappa shape index (κ1) is 12.3. The van der Waals surface area contributed by atoms with Crippen LogP contribution in [0.5, 0.6) is 5.75 Å². The van der Waals surface area contributed by atoms with E-state index in [0.29, 0.717) is 6.42 Å². The Morgan fingerprint density at radius 3 is 2.60 bits per heavy atom. The second kappa shape index (κ2) is 5.92. The molecule has 0 spiro atoms. The van der Waals surface area contributed by atoms with Crippen LogP contribution < -0.4 is 3.53 Å². The van der Waals surface area contributed by atoms with Crippen molar-refractivity contribution in [3.8, 4) is 5.75 Å². The van der Waals surface area contributed by atoms with Crippen molar-refractivity contribution in [1.29, 1.82) is 0 Å². The second-order valence-electron chi connectivity index (χ2n) is 3.06. The molecule has 5 heteroatoms. The van der Waals surface area contributed by atoms with E-state index < -0.39 is 0 Å². The van der Waals surface area contributed by atoms with Gasteiger partial charge < -0.3 is 9.84 Å². The molecule has 1 aromatic rings. The van der Waals surface area contributed by atoms with Gasteiger partial charge in [0.2, 0.25) is 0 Å². The van der Waals surface area contributed by atoms with Crippen LogP contribution in [-0.4, -0.2) is 24.2 Å². The lowest BCUT2D eigenvalue weighted by molar-refractivity contribution is -0.142. The number of hydrogen-bond acceptors (Lipinski definition) is 4. The third kappa shape index (κ3) is 3.67. The molecule has 0 saturated carbocycles. The molecule has 0 amide bonds. The average molecular weight is 321 g/mol. The highest BCUT2D eigenvalue weighted by Gasteiger charge is 2.17. The highest BCUT2D eigenvalue weighted by atomic mass is 127. The summed E-state index contributed by atoms with van der Waals surface area (Å²) in [6.45, 7) is 0. The molecule has 0 saturated heterocycles. The molecule has 1 rings (SSSR count). The second-order valence-corrected chi connectivity index (χ2v) is 3.68. The van der Waals surface area contributed by atoms with E-state index in [0.717, 1.165) is 5.56 Å². The summed E-state index contributed by atoms with van der Waals surface area (Å²) < 4.78 is 7.49. The highest BCUT2D eigenvalue weighted by molar-refractivity contribution is 14.1. The zero-order valence-corrected chi connectivity index (χ0v) is 10.4. The Balaban J connectivity index is 2.66. The van der Waals surface area contributed by atoms with Gasteiger partial charge in [-0.05, 0) is 24.1 Å². The first-order valence-corrected chi connectivity index (χ1v) is 5.47. The first-order valence-electron chi connectivity index (χ1n) is 4.39. The summed E-state index contributed by atoms with van der Waals surface area (Å²) in [6, 6.07) is 6.38. The van der Waals surface area contributed by atoms with Crippen molar-refractivity contribution >= 4 is 28.8 Å². The molecule has 0 aliphatic heterocycles. The Hall–Kier alpha value is -0.820. The van der Waals surface area contributed by atoms with Gasteiger partial charge in [0.25, 0.3) is 0 Å². The van der Waals surface area contributed by atoms with Gasteiger partial charge in [0.1, 0.15) is 11.8 Å². The molecule has 0 heterocycles. The van der Waals surface area contributed by atoms with Crippen molar-refractivity contribution in [1.82, 2.24) is 3.53 Å². The number of ether oxygens (including phenoxy) is 1. The minimum atomic E-state index is -0.361. The van der Waals surface area contributed by atoms with Crippen molar-refractivity contribution in [2.75, 3.05) is 7.11 Å². The van der Waals surface area contributed by atoms with Gasteiger partial charge in [-0.1, -0.05) is 12.1 Å². The van der Waals surface area contributed by atoms with Gasteiger partial charge in [-0.2, -0.15) is 0 Å². The number of phenols is 1. The number of esters is 1. The van der Waals surface area contributed by atoms with Gasteiger partial charge >= 0.3 is 5.97 Å². The first-order chi connectivity index (χ1) is 7.17. The largest absolute Gasteiger partial charge is 0.508 e. The fraction of sp³-hybridized carbons (Fsp3) is 0.300. The van der Waals surface area contributed by atoms with E-state index in [1.807, 2.05) is 22.9 Å². The van der Waals surface area contributed by atoms with Crippen molar-refractivity contribution in [3.63, 3.8) is 0 Å². The minimum absolute atomic E-state index is 0.218. The van der Waals surface area contributed by atoms with E-state index >= 15 is 0 Å². The maximum atomic E-state index is 11.3. The fourth-order valence-electron chi connectivity index (χ4n) is 1.18. The lowest BCUT2D eigenvalue weighted by atomic mass is 10.1. The highest BCUT2D eigenvalue weighted by Crippen LogP contribution is 2.12. The minimum Gasteiger partial charge on any atom is -0.508 e. The van der Waals surface area contributed by atoms with Crippen LogP contribution >= 0.6 is 22.9 Å². The van der Waals surface area contributed by atoms with Crippen LogP contribution in [-0.2, 0) is 16.0 Å². The van der Waals surface area contributed by atoms with Gasteiger partial charge in [0, 0.05) is 22.9 Å². The molecule has 0 aromatic heterocycles. The van der Waals surface area contributed by atoms with E-state index in [2.05, 4.69) is 8.27 Å². The molecule has 15 heavy (non-hydrogen) atoms. The summed E-state index contributed by atoms with van der Waals surface area (Å²) in [5.41, 5.74) is 0.965. The summed E-state index contributed by atoms with van der Waals surface area (Å²) >= 11 is 1.92. The van der Waals surface area contributed by atoms with Gasteiger partial charge in [-0.15, -0.1) is 0 Å². The summed E-state index contributed by atoms with van der Waals surface area (Å²) in [5, 5.41) is 9.09. The number of phenolic OH excluding ortho intramolecular Hbond substituents is 1. The van der Waals surface area contributed by atoms with Crippen LogP contribution in [0.4, 0.5) is 0 Å². The monoisotopic (exact) mass is 321 g/mol. The molecule has 0 unspecified atom stereocenters. The molecule has 1 aromatic carbocycles. The number of benzene rings is 1. The lowest BCUT2D eigenvalue weighted by Crippen LogP contribution is -2.33. The van der Waals surface area contributed by atoms with Crippen molar-refractivity contribution in [3.05, 3.63) is 29.8 Å². The number of carbonyl (C=O) groups is 1. The molecule has 82 valence electrons. The average Bonchev–Trinajstić information content (AvgIpc) is 2.27. The quantitative estimate of drug-likeness (QED) is 0.500. The normalized spacial score (nSPS) is 12.1. The Labute approximate surface area is 102 Å². The van der Waals surface area contributed by atoms with Crippen LogP contribution in [0, 0.1) is 0 Å². The number of hydrogen-bond donors (Lipinski definition) is 2. The van der Waals surface area contributed by atoms with E-state index in [9.17, 15) is 4.79 Å². The molecule has 0 aliphatic carbocycles. The van der Waals surface area contributed by atoms with E-state index in [1.165, 1.54) is 7.11 Å². The van der Waals surface area contributed by atoms with Gasteiger partial charge in [-0.3, -0.25) is 4.79 Å². The zero-order valence-electron chi connectivity index (χ0n) is 8.24. The van der Waals surface area contributed by atoms with Crippen LogP contribution in [0.1, 0.15) is 5.56 Å². The van der Waals surface area contributed by atoms with Crippen molar-refractivity contribution in [2.45, 2.75) is 12.5 Å². The van der Waals surface area contributed by atoms with Gasteiger partial charge in [-0.25, -0.2) is 3.53 Å². The molecular formula is C10H12INO3. The SMILES string of the molecule is COC(=O)[C@H](Cc1ccc(O)cc1)NI. The third-order valence-electron chi connectivity index (χ3n) is 1.99. The van der Waals surface area contributed by atoms with Crippen LogP contribution in [0.2, 0.25) is 0 Å². The molecular weight excluding hydrogens is 309 g/mol. The molecule has 1 atom stereocenters. The van der Waals surface area contributed by atoms with E-state index in [4.69, 9.17) is 5.11 Å². The predicted molar refractivity (Wildman–Crippen MR) is 64.8 cm³/mol. The molecule has 0 aliphatic rings. The molecule has 0 bridgehead atoms. The number of rotatable bonds is 4.